The minimum absolute atomic E-state index is 0.561. The van der Waals surface area contributed by atoms with Crippen molar-refractivity contribution in [1.29, 1.82) is 0 Å². The third kappa shape index (κ3) is 4.41. The highest BCUT2D eigenvalue weighted by atomic mass is 16.3. The van der Waals surface area contributed by atoms with Crippen LogP contribution in [-0.4, -0.2) is 30.5 Å². The van der Waals surface area contributed by atoms with Gasteiger partial charge >= 0.3 is 0 Å². The van der Waals surface area contributed by atoms with Crippen molar-refractivity contribution in [1.82, 2.24) is 9.88 Å². The van der Waals surface area contributed by atoms with E-state index in [0.29, 0.717) is 5.82 Å². The fourth-order valence-electron chi connectivity index (χ4n) is 1.72. The van der Waals surface area contributed by atoms with Gasteiger partial charge in [-0.2, -0.15) is 0 Å². The number of anilines is 1. The van der Waals surface area contributed by atoms with E-state index in [4.69, 9.17) is 10.2 Å². The van der Waals surface area contributed by atoms with Gasteiger partial charge in [-0.3, -0.25) is 0 Å². The van der Waals surface area contributed by atoms with E-state index in [9.17, 15) is 0 Å². The van der Waals surface area contributed by atoms with Crippen molar-refractivity contribution in [3.8, 4) is 11.1 Å². The first-order valence-corrected chi connectivity index (χ1v) is 6.59. The number of pyridine rings is 1. The number of hydrogen-bond acceptors (Lipinski definition) is 4. The molecule has 0 unspecified atom stereocenters. The molecule has 0 fully saturated rings. The SMILES string of the molecule is CC.CN(C)CCc1nc(N)ccc1-c1ccoc1. The van der Waals surface area contributed by atoms with Crippen LogP contribution in [0, 0.1) is 0 Å². The molecule has 2 aromatic heterocycles. The van der Waals surface area contributed by atoms with Crippen LogP contribution in [-0.2, 0) is 6.42 Å². The van der Waals surface area contributed by atoms with Gasteiger partial charge in [0.1, 0.15) is 5.82 Å². The number of likely N-dealkylation sites (N-methyl/N-ethyl adjacent to an activating group) is 1. The van der Waals surface area contributed by atoms with Crippen molar-refractivity contribution in [2.45, 2.75) is 20.3 Å². The van der Waals surface area contributed by atoms with Crippen LogP contribution < -0.4 is 5.73 Å². The summed E-state index contributed by atoms with van der Waals surface area (Å²) in [7, 11) is 4.09. The van der Waals surface area contributed by atoms with E-state index < -0.39 is 0 Å². The van der Waals surface area contributed by atoms with Gasteiger partial charge in [-0.15, -0.1) is 0 Å². The Morgan fingerprint density at radius 3 is 2.53 bits per heavy atom. The Morgan fingerprint density at radius 1 is 1.21 bits per heavy atom. The quantitative estimate of drug-likeness (QED) is 0.919. The van der Waals surface area contributed by atoms with Crippen LogP contribution in [0.25, 0.3) is 11.1 Å². The lowest BCUT2D eigenvalue weighted by Crippen LogP contribution is -2.16. The molecule has 2 rings (SSSR count). The number of nitrogen functional groups attached to an aromatic ring is 1. The van der Waals surface area contributed by atoms with E-state index in [2.05, 4.69) is 9.88 Å². The zero-order valence-corrected chi connectivity index (χ0v) is 12.2. The fraction of sp³-hybridized carbons (Fsp3) is 0.400. The smallest absolute Gasteiger partial charge is 0.123 e. The Hall–Kier alpha value is -1.81. The second kappa shape index (κ2) is 7.59. The molecule has 0 aliphatic rings. The maximum absolute atomic E-state index is 5.74. The maximum Gasteiger partial charge on any atom is 0.123 e. The summed E-state index contributed by atoms with van der Waals surface area (Å²) in [5, 5.41) is 0. The Morgan fingerprint density at radius 2 is 1.95 bits per heavy atom. The zero-order valence-electron chi connectivity index (χ0n) is 12.2. The van der Waals surface area contributed by atoms with Gasteiger partial charge in [0.25, 0.3) is 0 Å². The lowest BCUT2D eigenvalue weighted by Gasteiger charge is -2.12. The predicted octanol–water partition coefficient (Wildman–Crippen LogP) is 3.05. The van der Waals surface area contributed by atoms with Gasteiger partial charge in [0.05, 0.1) is 18.2 Å². The average Bonchev–Trinajstić information content (AvgIpc) is 2.92. The van der Waals surface area contributed by atoms with E-state index in [0.717, 1.165) is 29.8 Å². The van der Waals surface area contributed by atoms with Crippen molar-refractivity contribution in [3.63, 3.8) is 0 Å². The maximum atomic E-state index is 5.74. The molecule has 0 atom stereocenters. The first kappa shape index (κ1) is 15.2. The molecule has 4 heteroatoms. The summed E-state index contributed by atoms with van der Waals surface area (Å²) in [4.78, 5) is 6.54. The first-order chi connectivity index (χ1) is 9.16. The highest BCUT2D eigenvalue weighted by molar-refractivity contribution is 5.66. The van der Waals surface area contributed by atoms with Crippen LogP contribution in [0.1, 0.15) is 19.5 Å². The van der Waals surface area contributed by atoms with Crippen molar-refractivity contribution in [2.24, 2.45) is 0 Å². The van der Waals surface area contributed by atoms with Crippen LogP contribution in [0.5, 0.6) is 0 Å². The topological polar surface area (TPSA) is 55.3 Å². The van der Waals surface area contributed by atoms with Gasteiger partial charge in [-0.1, -0.05) is 13.8 Å². The summed E-state index contributed by atoms with van der Waals surface area (Å²) in [5.41, 5.74) is 8.89. The van der Waals surface area contributed by atoms with Crippen molar-refractivity contribution in [3.05, 3.63) is 36.4 Å². The zero-order chi connectivity index (χ0) is 14.3. The molecule has 4 nitrogen and oxygen atoms in total. The molecule has 0 saturated heterocycles. The van der Waals surface area contributed by atoms with Gasteiger partial charge in [0.2, 0.25) is 0 Å². The highest BCUT2D eigenvalue weighted by Gasteiger charge is 2.08. The van der Waals surface area contributed by atoms with Crippen LogP contribution in [0.2, 0.25) is 0 Å². The lowest BCUT2D eigenvalue weighted by atomic mass is 10.1. The molecule has 0 aromatic carbocycles. The number of furan rings is 1. The van der Waals surface area contributed by atoms with Gasteiger partial charge in [-0.05, 0) is 32.3 Å². The second-order valence-electron chi connectivity index (χ2n) is 4.30. The Bertz CT molecular complexity index is 478. The van der Waals surface area contributed by atoms with Gasteiger partial charge < -0.3 is 15.1 Å². The standard InChI is InChI=1S/C13H17N3O.C2H6/c1-16(2)7-5-12-11(3-4-13(14)15-12)10-6-8-17-9-10;1-2/h3-4,6,8-9H,5,7H2,1-2H3,(H2,14,15);1-2H3. The van der Waals surface area contributed by atoms with E-state index in [-0.39, 0.29) is 0 Å². The second-order valence-corrected chi connectivity index (χ2v) is 4.30. The molecular formula is C15H23N3O. The van der Waals surface area contributed by atoms with E-state index >= 15 is 0 Å². The van der Waals surface area contributed by atoms with Crippen LogP contribution in [0.4, 0.5) is 5.82 Å². The van der Waals surface area contributed by atoms with Gasteiger partial charge in [-0.25, -0.2) is 4.98 Å². The van der Waals surface area contributed by atoms with Crippen molar-refractivity contribution in [2.75, 3.05) is 26.4 Å². The van der Waals surface area contributed by atoms with Crippen LogP contribution in [0.3, 0.4) is 0 Å². The third-order valence-corrected chi connectivity index (χ3v) is 2.62. The molecule has 0 aliphatic heterocycles. The molecule has 0 aliphatic carbocycles. The molecule has 0 radical (unpaired) electrons. The molecule has 0 bridgehead atoms. The molecule has 19 heavy (non-hydrogen) atoms. The molecule has 0 amide bonds. The minimum Gasteiger partial charge on any atom is -0.472 e. The molecule has 2 aromatic rings. The Labute approximate surface area is 115 Å². The predicted molar refractivity (Wildman–Crippen MR) is 80.0 cm³/mol. The summed E-state index contributed by atoms with van der Waals surface area (Å²) in [6, 6.07) is 5.76. The number of hydrogen-bond donors (Lipinski definition) is 1. The van der Waals surface area contributed by atoms with Crippen molar-refractivity contribution < 1.29 is 4.42 Å². The largest absolute Gasteiger partial charge is 0.472 e. The number of nitrogens with two attached hydrogens (primary N) is 1. The van der Waals surface area contributed by atoms with Crippen LogP contribution >= 0.6 is 0 Å². The van der Waals surface area contributed by atoms with Crippen LogP contribution in [0.15, 0.2) is 35.1 Å². The highest BCUT2D eigenvalue weighted by Crippen LogP contribution is 2.24. The molecule has 2 N–H and O–H groups in total. The monoisotopic (exact) mass is 261 g/mol. The normalized spacial score (nSPS) is 10.2. The Balaban J connectivity index is 0.000000861. The molecule has 0 spiro atoms. The third-order valence-electron chi connectivity index (χ3n) is 2.62. The van der Waals surface area contributed by atoms with E-state index in [1.807, 2.05) is 46.1 Å². The first-order valence-electron chi connectivity index (χ1n) is 6.59. The van der Waals surface area contributed by atoms with Gasteiger partial charge in [0, 0.05) is 24.1 Å². The lowest BCUT2D eigenvalue weighted by molar-refractivity contribution is 0.412. The molecular weight excluding hydrogens is 238 g/mol. The summed E-state index contributed by atoms with van der Waals surface area (Å²) in [6.45, 7) is 4.95. The summed E-state index contributed by atoms with van der Waals surface area (Å²) in [5.74, 6) is 0.561. The molecule has 2 heterocycles. The number of nitrogens with zero attached hydrogens (tertiary/aromatic N) is 2. The molecule has 0 saturated carbocycles. The minimum atomic E-state index is 0.561. The fourth-order valence-corrected chi connectivity index (χ4v) is 1.72. The summed E-state index contributed by atoms with van der Waals surface area (Å²) < 4.78 is 5.11. The van der Waals surface area contributed by atoms with E-state index in [1.165, 1.54) is 0 Å². The average molecular weight is 261 g/mol. The van der Waals surface area contributed by atoms with Gasteiger partial charge in [0.15, 0.2) is 0 Å². The summed E-state index contributed by atoms with van der Waals surface area (Å²) >= 11 is 0. The van der Waals surface area contributed by atoms with E-state index in [1.54, 1.807) is 12.5 Å². The molecule has 104 valence electrons. The number of aromatic nitrogens is 1. The van der Waals surface area contributed by atoms with Crippen molar-refractivity contribution >= 4 is 5.82 Å². The Kier molecular flexibility index (Phi) is 6.09. The number of rotatable bonds is 4. The summed E-state index contributed by atoms with van der Waals surface area (Å²) in [6.07, 6.45) is 4.27.